The molecule has 1 aromatic rings. The largest absolute Gasteiger partial charge is 0.396 e. The van der Waals surface area contributed by atoms with E-state index in [9.17, 15) is 5.11 Å². The zero-order valence-corrected chi connectivity index (χ0v) is 12.3. The van der Waals surface area contributed by atoms with Crippen LogP contribution in [0.15, 0.2) is 24.3 Å². The summed E-state index contributed by atoms with van der Waals surface area (Å²) in [5.41, 5.74) is 2.75. The van der Waals surface area contributed by atoms with Crippen LogP contribution in [0.4, 0.5) is 0 Å². The summed E-state index contributed by atoms with van der Waals surface area (Å²) in [5, 5.41) is 12.8. The van der Waals surface area contributed by atoms with Crippen LogP contribution in [0.1, 0.15) is 51.3 Å². The van der Waals surface area contributed by atoms with E-state index in [1.807, 2.05) is 0 Å². The van der Waals surface area contributed by atoms with Gasteiger partial charge < -0.3 is 10.4 Å². The minimum absolute atomic E-state index is 0.154. The first-order valence-electron chi connectivity index (χ1n) is 6.78. The highest BCUT2D eigenvalue weighted by Gasteiger charge is 2.25. The van der Waals surface area contributed by atoms with E-state index in [1.54, 1.807) is 0 Å². The van der Waals surface area contributed by atoms with Gasteiger partial charge in [0.2, 0.25) is 0 Å². The number of benzene rings is 1. The topological polar surface area (TPSA) is 32.3 Å². The van der Waals surface area contributed by atoms with Crippen molar-refractivity contribution in [2.24, 2.45) is 5.41 Å². The Hall–Kier alpha value is -0.860. The highest BCUT2D eigenvalue weighted by Crippen LogP contribution is 2.25. The Kier molecular flexibility index (Phi) is 5.36. The molecule has 0 bridgehead atoms. The zero-order chi connectivity index (χ0) is 13.8. The quantitative estimate of drug-likeness (QED) is 0.838. The highest BCUT2D eigenvalue weighted by molar-refractivity contribution is 5.24. The first-order chi connectivity index (χ1) is 8.34. The van der Waals surface area contributed by atoms with Crippen LogP contribution in [0.3, 0.4) is 0 Å². The Bertz CT molecular complexity index is 368. The average molecular weight is 249 g/mol. The lowest BCUT2D eigenvalue weighted by molar-refractivity contribution is 0.188. The molecule has 0 saturated carbocycles. The molecule has 2 nitrogen and oxygen atoms in total. The number of hydrogen-bond donors (Lipinski definition) is 2. The summed E-state index contributed by atoms with van der Waals surface area (Å²) in [7, 11) is 0. The standard InChI is InChI=1S/C16H27NO/c1-12-7-6-8-14(11-12)13(2)17-15(9-10-18)16(3,4)5/h6-8,11,13,15,17-18H,9-10H2,1-5H3. The van der Waals surface area contributed by atoms with E-state index in [4.69, 9.17) is 0 Å². The van der Waals surface area contributed by atoms with Gasteiger partial charge in [-0.05, 0) is 31.2 Å². The van der Waals surface area contributed by atoms with Crippen LogP contribution in [-0.2, 0) is 0 Å². The first kappa shape index (κ1) is 15.2. The summed E-state index contributed by atoms with van der Waals surface area (Å²) < 4.78 is 0. The van der Waals surface area contributed by atoms with Gasteiger partial charge in [-0.1, -0.05) is 50.6 Å². The molecule has 2 N–H and O–H groups in total. The molecule has 0 aliphatic heterocycles. The Morgan fingerprint density at radius 1 is 1.28 bits per heavy atom. The van der Waals surface area contributed by atoms with E-state index in [0.717, 1.165) is 6.42 Å². The molecule has 0 aliphatic carbocycles. The molecule has 0 spiro atoms. The predicted molar refractivity (Wildman–Crippen MR) is 77.7 cm³/mol. The third kappa shape index (κ3) is 4.43. The molecule has 2 heteroatoms. The maximum atomic E-state index is 9.19. The summed E-state index contributed by atoms with van der Waals surface area (Å²) in [5.74, 6) is 0. The Balaban J connectivity index is 2.75. The number of rotatable bonds is 5. The van der Waals surface area contributed by atoms with E-state index in [-0.39, 0.29) is 12.0 Å². The van der Waals surface area contributed by atoms with Gasteiger partial charge in [-0.25, -0.2) is 0 Å². The van der Waals surface area contributed by atoms with Gasteiger partial charge in [0.25, 0.3) is 0 Å². The van der Waals surface area contributed by atoms with Crippen LogP contribution < -0.4 is 5.32 Å². The Labute approximate surface area is 111 Å². The number of aliphatic hydroxyl groups excluding tert-OH is 1. The van der Waals surface area contributed by atoms with Gasteiger partial charge in [0.05, 0.1) is 0 Å². The van der Waals surface area contributed by atoms with Crippen molar-refractivity contribution in [3.05, 3.63) is 35.4 Å². The Morgan fingerprint density at radius 2 is 1.94 bits per heavy atom. The van der Waals surface area contributed by atoms with E-state index >= 15 is 0 Å². The van der Waals surface area contributed by atoms with E-state index in [2.05, 4.69) is 64.2 Å². The second kappa shape index (κ2) is 6.35. The summed E-state index contributed by atoms with van der Waals surface area (Å²) in [6.45, 7) is 11.2. The van der Waals surface area contributed by atoms with E-state index < -0.39 is 0 Å². The van der Waals surface area contributed by atoms with E-state index in [1.165, 1.54) is 11.1 Å². The van der Waals surface area contributed by atoms with E-state index in [0.29, 0.717) is 12.1 Å². The maximum Gasteiger partial charge on any atom is 0.0446 e. The molecular weight excluding hydrogens is 222 g/mol. The predicted octanol–water partition coefficient (Wildman–Crippen LogP) is 3.44. The van der Waals surface area contributed by atoms with Gasteiger partial charge in [0.1, 0.15) is 0 Å². The Morgan fingerprint density at radius 3 is 2.44 bits per heavy atom. The van der Waals surface area contributed by atoms with Crippen molar-refractivity contribution in [3.63, 3.8) is 0 Å². The second-order valence-corrected chi connectivity index (χ2v) is 6.23. The monoisotopic (exact) mass is 249 g/mol. The molecule has 1 rings (SSSR count). The van der Waals surface area contributed by atoms with Crippen molar-refractivity contribution in [1.82, 2.24) is 5.32 Å². The van der Waals surface area contributed by atoms with Crippen LogP contribution in [0.25, 0.3) is 0 Å². The maximum absolute atomic E-state index is 9.19. The molecule has 2 atom stereocenters. The smallest absolute Gasteiger partial charge is 0.0446 e. The fraction of sp³-hybridized carbons (Fsp3) is 0.625. The van der Waals surface area contributed by atoms with Crippen molar-refractivity contribution in [2.75, 3.05) is 6.61 Å². The fourth-order valence-corrected chi connectivity index (χ4v) is 2.23. The van der Waals surface area contributed by atoms with Crippen LogP contribution in [0.2, 0.25) is 0 Å². The summed E-state index contributed by atoms with van der Waals surface area (Å²) in [6.07, 6.45) is 0.791. The van der Waals surface area contributed by atoms with Gasteiger partial charge in [0.15, 0.2) is 0 Å². The lowest BCUT2D eigenvalue weighted by Crippen LogP contribution is -2.42. The molecule has 0 radical (unpaired) electrons. The molecule has 102 valence electrons. The van der Waals surface area contributed by atoms with Crippen LogP contribution >= 0.6 is 0 Å². The average Bonchev–Trinajstić information content (AvgIpc) is 2.27. The number of nitrogens with one attached hydrogen (secondary N) is 1. The number of hydrogen-bond acceptors (Lipinski definition) is 2. The molecular formula is C16H27NO. The first-order valence-corrected chi connectivity index (χ1v) is 6.78. The van der Waals surface area contributed by atoms with Gasteiger partial charge in [-0.15, -0.1) is 0 Å². The van der Waals surface area contributed by atoms with Crippen LogP contribution in [-0.4, -0.2) is 17.8 Å². The molecule has 1 aromatic carbocycles. The van der Waals surface area contributed by atoms with Crippen molar-refractivity contribution < 1.29 is 5.11 Å². The van der Waals surface area contributed by atoms with Crippen LogP contribution in [0, 0.1) is 12.3 Å². The highest BCUT2D eigenvalue weighted by atomic mass is 16.3. The van der Waals surface area contributed by atoms with Crippen LogP contribution in [0.5, 0.6) is 0 Å². The second-order valence-electron chi connectivity index (χ2n) is 6.23. The minimum Gasteiger partial charge on any atom is -0.396 e. The fourth-order valence-electron chi connectivity index (χ4n) is 2.23. The third-order valence-corrected chi connectivity index (χ3v) is 3.46. The molecule has 2 unspecified atom stereocenters. The SMILES string of the molecule is Cc1cccc(C(C)NC(CCO)C(C)(C)C)c1. The van der Waals surface area contributed by atoms with Crippen molar-refractivity contribution in [2.45, 2.75) is 53.1 Å². The van der Waals surface area contributed by atoms with Gasteiger partial charge in [0, 0.05) is 18.7 Å². The molecule has 0 amide bonds. The lowest BCUT2D eigenvalue weighted by atomic mass is 9.84. The van der Waals surface area contributed by atoms with Gasteiger partial charge in [-0.3, -0.25) is 0 Å². The third-order valence-electron chi connectivity index (χ3n) is 3.46. The molecule has 0 saturated heterocycles. The summed E-state index contributed by atoms with van der Waals surface area (Å²) >= 11 is 0. The van der Waals surface area contributed by atoms with Crippen molar-refractivity contribution in [3.8, 4) is 0 Å². The molecule has 0 heterocycles. The summed E-state index contributed by atoms with van der Waals surface area (Å²) in [6, 6.07) is 9.21. The molecule has 0 fully saturated rings. The zero-order valence-electron chi connectivity index (χ0n) is 12.3. The van der Waals surface area contributed by atoms with Gasteiger partial charge >= 0.3 is 0 Å². The molecule has 18 heavy (non-hydrogen) atoms. The normalized spacial score (nSPS) is 15.4. The van der Waals surface area contributed by atoms with Gasteiger partial charge in [-0.2, -0.15) is 0 Å². The number of aliphatic hydroxyl groups is 1. The van der Waals surface area contributed by atoms with Crippen molar-refractivity contribution in [1.29, 1.82) is 0 Å². The lowest BCUT2D eigenvalue weighted by Gasteiger charge is -2.34. The summed E-state index contributed by atoms with van der Waals surface area (Å²) in [4.78, 5) is 0. The molecule has 0 aromatic heterocycles. The molecule has 0 aliphatic rings. The van der Waals surface area contributed by atoms with Crippen molar-refractivity contribution >= 4 is 0 Å². The number of aryl methyl sites for hydroxylation is 1. The minimum atomic E-state index is 0.154.